The molecule has 0 radical (unpaired) electrons. The Bertz CT molecular complexity index is 637. The van der Waals surface area contributed by atoms with Crippen LogP contribution in [-0.4, -0.2) is 21.5 Å². The molecule has 2 aliphatic rings. The van der Waals surface area contributed by atoms with Crippen LogP contribution < -0.4 is 5.32 Å². The summed E-state index contributed by atoms with van der Waals surface area (Å²) in [5, 5.41) is 12.3. The van der Waals surface area contributed by atoms with Crippen molar-refractivity contribution in [3.8, 4) is 11.4 Å². The van der Waals surface area contributed by atoms with Crippen LogP contribution in [0, 0.1) is 0 Å². The Morgan fingerprint density at radius 1 is 1.44 bits per heavy atom. The van der Waals surface area contributed by atoms with Crippen LogP contribution in [0.3, 0.4) is 0 Å². The fraction of sp³-hybridized carbons (Fsp3) is 0.385. The Hall–Kier alpha value is -1.88. The van der Waals surface area contributed by atoms with Crippen molar-refractivity contribution in [3.63, 3.8) is 0 Å². The van der Waals surface area contributed by atoms with Crippen LogP contribution >= 0.6 is 0 Å². The molecule has 0 bridgehead atoms. The summed E-state index contributed by atoms with van der Waals surface area (Å²) < 4.78 is 7.17. The number of fused-ring (bicyclic) bond motifs is 5. The first-order chi connectivity index (χ1) is 8.83. The number of aromatic nitrogens is 3. The SMILES string of the molecule is C=C1Cc2conc2-c2c3c(nn2C1)CCNC3. The molecule has 0 spiro atoms. The summed E-state index contributed by atoms with van der Waals surface area (Å²) in [5.41, 5.74) is 6.77. The van der Waals surface area contributed by atoms with Gasteiger partial charge < -0.3 is 9.84 Å². The maximum Gasteiger partial charge on any atom is 0.135 e. The minimum absolute atomic E-state index is 0.776. The van der Waals surface area contributed by atoms with E-state index in [1.807, 2.05) is 4.68 Å². The van der Waals surface area contributed by atoms with Crippen LogP contribution in [0.25, 0.3) is 11.4 Å². The van der Waals surface area contributed by atoms with Crippen molar-refractivity contribution >= 4 is 0 Å². The first kappa shape index (κ1) is 10.1. The van der Waals surface area contributed by atoms with Crippen LogP contribution in [0.4, 0.5) is 0 Å². The van der Waals surface area contributed by atoms with Gasteiger partial charge >= 0.3 is 0 Å². The van der Waals surface area contributed by atoms with E-state index in [4.69, 9.17) is 9.62 Å². The molecule has 2 aromatic rings. The Morgan fingerprint density at radius 3 is 3.33 bits per heavy atom. The predicted octanol–water partition coefficient (Wildman–Crippen LogP) is 1.30. The minimum Gasteiger partial charge on any atom is -0.364 e. The van der Waals surface area contributed by atoms with Gasteiger partial charge in [0.2, 0.25) is 0 Å². The molecule has 0 unspecified atom stereocenters. The van der Waals surface area contributed by atoms with Gasteiger partial charge in [0, 0.05) is 37.1 Å². The molecule has 0 saturated carbocycles. The lowest BCUT2D eigenvalue weighted by Crippen LogP contribution is -2.23. The topological polar surface area (TPSA) is 55.9 Å². The van der Waals surface area contributed by atoms with Crippen LogP contribution in [-0.2, 0) is 25.9 Å². The third-order valence-electron chi connectivity index (χ3n) is 3.66. The fourth-order valence-electron chi connectivity index (χ4n) is 2.85. The van der Waals surface area contributed by atoms with Gasteiger partial charge in [-0.3, -0.25) is 4.68 Å². The summed E-state index contributed by atoms with van der Waals surface area (Å²) in [6.07, 6.45) is 3.53. The second-order valence-electron chi connectivity index (χ2n) is 4.97. The van der Waals surface area contributed by atoms with Gasteiger partial charge in [-0.1, -0.05) is 17.3 Å². The zero-order valence-corrected chi connectivity index (χ0v) is 10.1. The predicted molar refractivity (Wildman–Crippen MR) is 66.0 cm³/mol. The van der Waals surface area contributed by atoms with E-state index in [2.05, 4.69) is 17.1 Å². The highest BCUT2D eigenvalue weighted by molar-refractivity contribution is 5.65. The smallest absolute Gasteiger partial charge is 0.135 e. The zero-order chi connectivity index (χ0) is 12.1. The minimum atomic E-state index is 0.776. The third-order valence-corrected chi connectivity index (χ3v) is 3.66. The van der Waals surface area contributed by atoms with Crippen molar-refractivity contribution in [1.29, 1.82) is 0 Å². The lowest BCUT2D eigenvalue weighted by Gasteiger charge is -2.12. The van der Waals surface area contributed by atoms with Crippen molar-refractivity contribution in [3.05, 3.63) is 35.2 Å². The standard InChI is InChI=1S/C13H14N4O/c1-8-4-9-7-18-16-12(9)13-10-5-14-3-2-11(10)15-17(13)6-8/h7,14H,1-6H2. The molecule has 0 aromatic carbocycles. The molecule has 0 amide bonds. The highest BCUT2D eigenvalue weighted by Crippen LogP contribution is 2.33. The average molecular weight is 242 g/mol. The van der Waals surface area contributed by atoms with E-state index in [9.17, 15) is 0 Å². The number of nitrogens with zero attached hydrogens (tertiary/aromatic N) is 3. The highest BCUT2D eigenvalue weighted by atomic mass is 16.5. The Balaban J connectivity index is 2.00. The normalized spacial score (nSPS) is 17.9. The molecular weight excluding hydrogens is 228 g/mol. The highest BCUT2D eigenvalue weighted by Gasteiger charge is 2.27. The summed E-state index contributed by atoms with van der Waals surface area (Å²) in [6, 6.07) is 0. The Labute approximate surface area is 104 Å². The largest absolute Gasteiger partial charge is 0.364 e. The van der Waals surface area contributed by atoms with Crippen LogP contribution in [0.15, 0.2) is 22.9 Å². The van der Waals surface area contributed by atoms with Gasteiger partial charge in [0.05, 0.1) is 17.9 Å². The van der Waals surface area contributed by atoms with Gasteiger partial charge in [-0.2, -0.15) is 5.10 Å². The van der Waals surface area contributed by atoms with Crippen molar-refractivity contribution in [2.24, 2.45) is 0 Å². The van der Waals surface area contributed by atoms with Crippen molar-refractivity contribution in [1.82, 2.24) is 20.3 Å². The van der Waals surface area contributed by atoms with Gasteiger partial charge in [0.1, 0.15) is 12.0 Å². The Morgan fingerprint density at radius 2 is 2.39 bits per heavy atom. The number of hydrogen-bond donors (Lipinski definition) is 1. The molecule has 0 saturated heterocycles. The first-order valence-corrected chi connectivity index (χ1v) is 6.22. The van der Waals surface area contributed by atoms with E-state index in [0.717, 1.165) is 55.0 Å². The molecule has 0 aliphatic carbocycles. The van der Waals surface area contributed by atoms with Gasteiger partial charge in [0.15, 0.2) is 0 Å². The monoisotopic (exact) mass is 242 g/mol. The van der Waals surface area contributed by atoms with Crippen LogP contribution in [0.2, 0.25) is 0 Å². The molecule has 2 aliphatic heterocycles. The molecule has 4 heterocycles. The molecule has 2 aromatic heterocycles. The van der Waals surface area contributed by atoms with E-state index in [1.54, 1.807) is 6.26 Å². The van der Waals surface area contributed by atoms with Crippen molar-refractivity contribution in [2.75, 3.05) is 6.54 Å². The summed E-state index contributed by atoms with van der Waals surface area (Å²) >= 11 is 0. The van der Waals surface area contributed by atoms with Crippen molar-refractivity contribution in [2.45, 2.75) is 25.9 Å². The second kappa shape index (κ2) is 3.55. The van der Waals surface area contributed by atoms with Crippen LogP contribution in [0.1, 0.15) is 16.8 Å². The van der Waals surface area contributed by atoms with Crippen molar-refractivity contribution < 1.29 is 4.52 Å². The maximum absolute atomic E-state index is 5.14. The van der Waals surface area contributed by atoms with Gasteiger partial charge in [-0.15, -0.1) is 0 Å². The van der Waals surface area contributed by atoms with Gasteiger partial charge in [-0.05, 0) is 0 Å². The number of nitrogens with one attached hydrogen (secondary N) is 1. The zero-order valence-electron chi connectivity index (χ0n) is 10.1. The van der Waals surface area contributed by atoms with E-state index >= 15 is 0 Å². The lowest BCUT2D eigenvalue weighted by molar-refractivity contribution is 0.420. The van der Waals surface area contributed by atoms with E-state index in [-0.39, 0.29) is 0 Å². The summed E-state index contributed by atoms with van der Waals surface area (Å²) in [7, 11) is 0. The maximum atomic E-state index is 5.14. The summed E-state index contributed by atoms with van der Waals surface area (Å²) in [6.45, 7) is 6.75. The summed E-state index contributed by atoms with van der Waals surface area (Å²) in [4.78, 5) is 0. The molecular formula is C13H14N4O. The first-order valence-electron chi connectivity index (χ1n) is 6.22. The quantitative estimate of drug-likeness (QED) is 0.707. The number of hydrogen-bond acceptors (Lipinski definition) is 4. The molecule has 4 rings (SSSR count). The fourth-order valence-corrected chi connectivity index (χ4v) is 2.85. The summed E-state index contributed by atoms with van der Waals surface area (Å²) in [5.74, 6) is 0. The third kappa shape index (κ3) is 1.31. The number of rotatable bonds is 0. The Kier molecular flexibility index (Phi) is 1.99. The van der Waals surface area contributed by atoms with Crippen LogP contribution in [0.5, 0.6) is 0 Å². The van der Waals surface area contributed by atoms with E-state index in [0.29, 0.717) is 0 Å². The molecule has 1 N–H and O–H groups in total. The average Bonchev–Trinajstić information content (AvgIpc) is 2.90. The lowest BCUT2D eigenvalue weighted by atomic mass is 10.0. The molecule has 92 valence electrons. The molecule has 5 heteroatoms. The molecule has 0 fully saturated rings. The van der Waals surface area contributed by atoms with Gasteiger partial charge in [0.25, 0.3) is 0 Å². The second-order valence-corrected chi connectivity index (χ2v) is 4.97. The molecule has 5 nitrogen and oxygen atoms in total. The van der Waals surface area contributed by atoms with Gasteiger partial charge in [-0.25, -0.2) is 0 Å². The van der Waals surface area contributed by atoms with E-state index < -0.39 is 0 Å². The molecule has 0 atom stereocenters. The number of allylic oxidation sites excluding steroid dienone is 1. The molecule has 18 heavy (non-hydrogen) atoms. The van der Waals surface area contributed by atoms with E-state index in [1.165, 1.54) is 11.3 Å².